The minimum atomic E-state index is -0.604. The number of carbonyl (C=O) groups is 3. The van der Waals surface area contributed by atoms with Crippen LogP contribution in [-0.2, 0) is 9.53 Å². The molecule has 1 heterocycles. The molecule has 0 bridgehead atoms. The third kappa shape index (κ3) is 5.04. The van der Waals surface area contributed by atoms with E-state index in [1.165, 1.54) is 0 Å². The van der Waals surface area contributed by atoms with Gasteiger partial charge >= 0.3 is 5.97 Å². The summed E-state index contributed by atoms with van der Waals surface area (Å²) >= 11 is 2.14. The molecule has 1 amide bonds. The second-order valence-electron chi connectivity index (χ2n) is 5.53. The van der Waals surface area contributed by atoms with Crippen LogP contribution in [0.3, 0.4) is 0 Å². The van der Waals surface area contributed by atoms with Gasteiger partial charge in [0.25, 0.3) is 5.91 Å². The number of benzene rings is 2. The van der Waals surface area contributed by atoms with E-state index in [1.54, 1.807) is 42.5 Å². The Hall–Kier alpha value is -2.94. The van der Waals surface area contributed by atoms with Crippen molar-refractivity contribution in [1.29, 1.82) is 0 Å². The number of rotatable bonds is 6. The summed E-state index contributed by atoms with van der Waals surface area (Å²) in [6.07, 6.45) is 0.622. The van der Waals surface area contributed by atoms with Gasteiger partial charge in [-0.25, -0.2) is 4.79 Å². The van der Waals surface area contributed by atoms with Crippen molar-refractivity contribution in [2.45, 2.75) is 0 Å². The van der Waals surface area contributed by atoms with E-state index in [2.05, 4.69) is 27.9 Å². The Labute approximate surface area is 168 Å². The molecule has 0 aliphatic heterocycles. The lowest BCUT2D eigenvalue weighted by atomic mass is 10.1. The van der Waals surface area contributed by atoms with Gasteiger partial charge in [-0.15, -0.1) is 0 Å². The molecule has 3 rings (SSSR count). The molecule has 0 atom stereocenters. The predicted octanol–water partition coefficient (Wildman–Crippen LogP) is 4.16. The van der Waals surface area contributed by atoms with Crippen molar-refractivity contribution in [3.05, 3.63) is 75.6 Å². The van der Waals surface area contributed by atoms with Crippen molar-refractivity contribution in [3.63, 3.8) is 0 Å². The average Bonchev–Trinajstić information content (AvgIpc) is 3.15. The van der Waals surface area contributed by atoms with E-state index < -0.39 is 11.9 Å². The Balaban J connectivity index is 1.56. The fourth-order valence-electron chi connectivity index (χ4n) is 2.32. The zero-order valence-corrected chi connectivity index (χ0v) is 16.1. The largest absolute Gasteiger partial charge is 0.453 e. The molecule has 0 unspecified atom stereocenters. The van der Waals surface area contributed by atoms with E-state index in [4.69, 9.17) is 9.15 Å². The number of aldehydes is 1. The van der Waals surface area contributed by atoms with E-state index in [9.17, 15) is 14.4 Å². The van der Waals surface area contributed by atoms with Gasteiger partial charge in [0.05, 0.1) is 5.56 Å². The van der Waals surface area contributed by atoms with Crippen LogP contribution in [0.25, 0.3) is 11.3 Å². The zero-order chi connectivity index (χ0) is 19.2. The highest BCUT2D eigenvalue weighted by Crippen LogP contribution is 2.22. The Morgan fingerprint density at radius 3 is 2.52 bits per heavy atom. The number of halogens is 1. The summed E-state index contributed by atoms with van der Waals surface area (Å²) in [5.74, 6) is -0.271. The molecular weight excluding hydrogens is 461 g/mol. The normalized spacial score (nSPS) is 10.3. The van der Waals surface area contributed by atoms with E-state index in [0.29, 0.717) is 23.3 Å². The van der Waals surface area contributed by atoms with Crippen molar-refractivity contribution in [3.8, 4) is 11.3 Å². The molecule has 0 aliphatic rings. The van der Waals surface area contributed by atoms with Gasteiger partial charge in [-0.05, 0) is 65.1 Å². The second kappa shape index (κ2) is 8.63. The second-order valence-corrected chi connectivity index (χ2v) is 6.78. The van der Waals surface area contributed by atoms with E-state index in [1.807, 2.05) is 18.2 Å². The van der Waals surface area contributed by atoms with Gasteiger partial charge in [0.2, 0.25) is 0 Å². The van der Waals surface area contributed by atoms with Gasteiger partial charge in [-0.2, -0.15) is 0 Å². The SMILES string of the molecule is O=Cc1ccc(-c2ccc(C(=O)OCC(=O)Nc3cccc(I)c3)cc2)o1. The maximum absolute atomic E-state index is 12.1. The number of hydrogen-bond acceptors (Lipinski definition) is 5. The lowest BCUT2D eigenvalue weighted by Crippen LogP contribution is -2.20. The average molecular weight is 475 g/mol. The molecule has 0 saturated heterocycles. The van der Waals surface area contributed by atoms with E-state index in [0.717, 1.165) is 9.13 Å². The number of ether oxygens (including phenoxy) is 1. The van der Waals surface area contributed by atoms with Crippen LogP contribution in [0.4, 0.5) is 5.69 Å². The summed E-state index contributed by atoms with van der Waals surface area (Å²) in [7, 11) is 0. The molecule has 6 nitrogen and oxygen atoms in total. The summed E-state index contributed by atoms with van der Waals surface area (Å²) in [4.78, 5) is 34.6. The van der Waals surface area contributed by atoms with Gasteiger partial charge in [0.15, 0.2) is 18.7 Å². The van der Waals surface area contributed by atoms with Crippen LogP contribution in [0, 0.1) is 3.57 Å². The molecule has 0 radical (unpaired) electrons. The molecule has 0 fully saturated rings. The fourth-order valence-corrected chi connectivity index (χ4v) is 2.86. The Morgan fingerprint density at radius 2 is 1.85 bits per heavy atom. The maximum atomic E-state index is 12.1. The van der Waals surface area contributed by atoms with Crippen LogP contribution in [0.2, 0.25) is 0 Å². The van der Waals surface area contributed by atoms with Crippen molar-refractivity contribution >= 4 is 46.4 Å². The van der Waals surface area contributed by atoms with Gasteiger partial charge in [0, 0.05) is 14.8 Å². The van der Waals surface area contributed by atoms with Crippen molar-refractivity contribution in [1.82, 2.24) is 0 Å². The van der Waals surface area contributed by atoms with Gasteiger partial charge in [0.1, 0.15) is 5.76 Å². The van der Waals surface area contributed by atoms with E-state index in [-0.39, 0.29) is 12.4 Å². The van der Waals surface area contributed by atoms with Crippen LogP contribution in [-0.4, -0.2) is 24.8 Å². The van der Waals surface area contributed by atoms with Crippen LogP contribution >= 0.6 is 22.6 Å². The lowest BCUT2D eigenvalue weighted by Gasteiger charge is -2.07. The maximum Gasteiger partial charge on any atom is 0.338 e. The van der Waals surface area contributed by atoms with Crippen LogP contribution in [0.1, 0.15) is 20.9 Å². The highest BCUT2D eigenvalue weighted by atomic mass is 127. The van der Waals surface area contributed by atoms with Crippen LogP contribution in [0.15, 0.2) is 65.1 Å². The third-order valence-corrected chi connectivity index (χ3v) is 4.26. The smallest absolute Gasteiger partial charge is 0.338 e. The molecule has 1 N–H and O–H groups in total. The molecule has 0 saturated carbocycles. The highest BCUT2D eigenvalue weighted by molar-refractivity contribution is 14.1. The zero-order valence-electron chi connectivity index (χ0n) is 14.0. The van der Waals surface area contributed by atoms with Gasteiger partial charge in [-0.3, -0.25) is 9.59 Å². The first-order chi connectivity index (χ1) is 13.0. The molecule has 136 valence electrons. The summed E-state index contributed by atoms with van der Waals surface area (Å²) in [6, 6.07) is 17.0. The third-order valence-electron chi connectivity index (χ3n) is 3.59. The topological polar surface area (TPSA) is 85.6 Å². The quantitative estimate of drug-likeness (QED) is 0.329. The van der Waals surface area contributed by atoms with Crippen molar-refractivity contribution in [2.75, 3.05) is 11.9 Å². The number of esters is 1. The number of carbonyl (C=O) groups excluding carboxylic acids is 3. The highest BCUT2D eigenvalue weighted by Gasteiger charge is 2.12. The molecule has 2 aromatic carbocycles. The fraction of sp³-hybridized carbons (Fsp3) is 0.0500. The molecule has 0 spiro atoms. The molecule has 1 aromatic heterocycles. The number of anilines is 1. The number of nitrogens with one attached hydrogen (secondary N) is 1. The predicted molar refractivity (Wildman–Crippen MR) is 108 cm³/mol. The minimum absolute atomic E-state index is 0.229. The monoisotopic (exact) mass is 475 g/mol. The van der Waals surface area contributed by atoms with Crippen LogP contribution in [0.5, 0.6) is 0 Å². The number of amides is 1. The van der Waals surface area contributed by atoms with Crippen molar-refractivity contribution < 1.29 is 23.5 Å². The molecular formula is C20H14INO5. The summed E-state index contributed by atoms with van der Waals surface area (Å²) in [6.45, 7) is -0.382. The number of hydrogen-bond donors (Lipinski definition) is 1. The minimum Gasteiger partial charge on any atom is -0.453 e. The first kappa shape index (κ1) is 18.8. The first-order valence-electron chi connectivity index (χ1n) is 7.93. The molecule has 27 heavy (non-hydrogen) atoms. The van der Waals surface area contributed by atoms with E-state index >= 15 is 0 Å². The lowest BCUT2D eigenvalue weighted by molar-refractivity contribution is -0.119. The summed E-state index contributed by atoms with van der Waals surface area (Å²) in [5.41, 5.74) is 1.67. The molecule has 0 aliphatic carbocycles. The Bertz CT molecular complexity index is 978. The van der Waals surface area contributed by atoms with Gasteiger partial charge < -0.3 is 14.5 Å². The number of furan rings is 1. The first-order valence-corrected chi connectivity index (χ1v) is 9.01. The summed E-state index contributed by atoms with van der Waals surface area (Å²) < 4.78 is 11.3. The van der Waals surface area contributed by atoms with Crippen molar-refractivity contribution in [2.24, 2.45) is 0 Å². The Kier molecular flexibility index (Phi) is 6.02. The van der Waals surface area contributed by atoms with Crippen LogP contribution < -0.4 is 5.32 Å². The summed E-state index contributed by atoms with van der Waals surface area (Å²) in [5, 5.41) is 2.67. The molecule has 7 heteroatoms. The van der Waals surface area contributed by atoms with Gasteiger partial charge in [-0.1, -0.05) is 18.2 Å². The standard InChI is InChI=1S/C20H14INO5/c21-15-2-1-3-16(10-15)22-19(24)12-26-20(25)14-6-4-13(5-7-14)18-9-8-17(11-23)27-18/h1-11H,12H2,(H,22,24). The molecule has 3 aromatic rings. The Morgan fingerprint density at radius 1 is 1.07 bits per heavy atom.